The van der Waals surface area contributed by atoms with E-state index in [1.165, 1.54) is 26.8 Å². The van der Waals surface area contributed by atoms with E-state index >= 15 is 0 Å². The van der Waals surface area contributed by atoms with Crippen molar-refractivity contribution in [3.8, 4) is 0 Å². The number of halogens is 1. The van der Waals surface area contributed by atoms with Gasteiger partial charge in [-0.05, 0) is 39.4 Å². The van der Waals surface area contributed by atoms with Crippen LogP contribution in [0, 0.1) is 0 Å². The summed E-state index contributed by atoms with van der Waals surface area (Å²) in [4.78, 5) is 0. The van der Waals surface area contributed by atoms with E-state index in [9.17, 15) is 0 Å². The minimum Gasteiger partial charge on any atom is -0.143 e. The quantitative estimate of drug-likeness (QED) is 0.494. The molecule has 1 atom stereocenters. The first-order valence-electron chi connectivity index (χ1n) is 6.87. The second-order valence-corrected chi connectivity index (χ2v) is 6.72. The smallest absolute Gasteiger partial charge is 0.0849 e. The molecule has 1 unspecified atom stereocenters. The van der Waals surface area contributed by atoms with Crippen molar-refractivity contribution in [1.82, 2.24) is 0 Å². The van der Waals surface area contributed by atoms with Crippen molar-refractivity contribution in [2.45, 2.75) is 25.1 Å². The largest absolute Gasteiger partial charge is 0.143 e. The van der Waals surface area contributed by atoms with Gasteiger partial charge in [0.15, 0.2) is 0 Å². The first kappa shape index (κ1) is 13.7. The molecule has 0 aliphatic carbocycles. The maximum atomic E-state index is 6.69. The number of hydrogen-bond donors (Lipinski definition) is 0. The molecule has 3 rings (SSSR count). The summed E-state index contributed by atoms with van der Waals surface area (Å²) < 4.78 is 1.30. The third-order valence-electron chi connectivity index (χ3n) is 3.68. The predicted octanol–water partition coefficient (Wildman–Crippen LogP) is 6.35. The van der Waals surface area contributed by atoms with E-state index in [2.05, 4.69) is 67.8 Å². The van der Waals surface area contributed by atoms with Gasteiger partial charge in [-0.3, -0.25) is 0 Å². The summed E-state index contributed by atoms with van der Waals surface area (Å²) in [6.45, 7) is 4.42. The van der Waals surface area contributed by atoms with Crippen LogP contribution >= 0.6 is 22.9 Å². The number of rotatable bonds is 3. The van der Waals surface area contributed by atoms with Crippen molar-refractivity contribution in [3.05, 3.63) is 70.6 Å². The minimum absolute atomic E-state index is 0.0765. The van der Waals surface area contributed by atoms with Crippen molar-refractivity contribution < 1.29 is 0 Å². The molecule has 0 N–H and O–H groups in total. The van der Waals surface area contributed by atoms with E-state index in [0.29, 0.717) is 5.92 Å². The molecule has 0 nitrogen and oxygen atoms in total. The van der Waals surface area contributed by atoms with Crippen molar-refractivity contribution in [3.63, 3.8) is 0 Å². The Labute approximate surface area is 129 Å². The standard InChI is InChI=1S/C18H17ClS/c1-12(2)13-7-9-14(10-8-13)18(19)16-11-20-17-6-4-3-5-15(16)17/h3-12,18H,1-2H3. The van der Waals surface area contributed by atoms with E-state index < -0.39 is 0 Å². The summed E-state index contributed by atoms with van der Waals surface area (Å²) in [5.41, 5.74) is 3.73. The molecular formula is C18H17ClS. The molecular weight excluding hydrogens is 284 g/mol. The van der Waals surface area contributed by atoms with Gasteiger partial charge in [-0.1, -0.05) is 56.3 Å². The third-order valence-corrected chi connectivity index (χ3v) is 5.15. The van der Waals surface area contributed by atoms with Gasteiger partial charge in [-0.15, -0.1) is 22.9 Å². The highest BCUT2D eigenvalue weighted by Gasteiger charge is 2.15. The second-order valence-electron chi connectivity index (χ2n) is 5.37. The Balaban J connectivity index is 1.97. The van der Waals surface area contributed by atoms with Crippen LogP contribution in [0.1, 0.15) is 41.8 Å². The number of fused-ring (bicyclic) bond motifs is 1. The molecule has 20 heavy (non-hydrogen) atoms. The van der Waals surface area contributed by atoms with Crippen molar-refractivity contribution in [2.24, 2.45) is 0 Å². The van der Waals surface area contributed by atoms with Gasteiger partial charge in [0.05, 0.1) is 5.38 Å². The maximum absolute atomic E-state index is 6.69. The normalized spacial score (nSPS) is 13.0. The number of alkyl halides is 1. The fourth-order valence-corrected chi connectivity index (χ4v) is 3.81. The van der Waals surface area contributed by atoms with Crippen molar-refractivity contribution in [1.29, 1.82) is 0 Å². The molecule has 0 fully saturated rings. The highest BCUT2D eigenvalue weighted by Crippen LogP contribution is 2.37. The summed E-state index contributed by atoms with van der Waals surface area (Å²) in [5.74, 6) is 0.555. The Bertz CT molecular complexity index is 710. The fraction of sp³-hybridized carbons (Fsp3) is 0.222. The predicted molar refractivity (Wildman–Crippen MR) is 90.1 cm³/mol. The van der Waals surface area contributed by atoms with Crippen molar-refractivity contribution in [2.75, 3.05) is 0 Å². The van der Waals surface area contributed by atoms with Crippen LogP contribution in [0.4, 0.5) is 0 Å². The zero-order chi connectivity index (χ0) is 14.1. The Morgan fingerprint density at radius 3 is 2.25 bits per heavy atom. The van der Waals surface area contributed by atoms with Crippen LogP contribution in [0.25, 0.3) is 10.1 Å². The van der Waals surface area contributed by atoms with E-state index in [4.69, 9.17) is 11.6 Å². The van der Waals surface area contributed by atoms with Crippen LogP contribution in [0.15, 0.2) is 53.9 Å². The molecule has 0 aliphatic heterocycles. The SMILES string of the molecule is CC(C)c1ccc(C(Cl)c2csc3ccccc23)cc1. The zero-order valence-electron chi connectivity index (χ0n) is 11.6. The number of benzene rings is 2. The van der Waals surface area contributed by atoms with Gasteiger partial charge in [0.2, 0.25) is 0 Å². The molecule has 2 aromatic carbocycles. The molecule has 1 heterocycles. The summed E-state index contributed by atoms with van der Waals surface area (Å²) >= 11 is 8.45. The maximum Gasteiger partial charge on any atom is 0.0849 e. The van der Waals surface area contributed by atoms with E-state index in [0.717, 1.165) is 0 Å². The van der Waals surface area contributed by atoms with Gasteiger partial charge in [0.1, 0.15) is 0 Å². The van der Waals surface area contributed by atoms with Crippen LogP contribution < -0.4 is 0 Å². The summed E-state index contributed by atoms with van der Waals surface area (Å²) in [5, 5.41) is 3.37. The zero-order valence-corrected chi connectivity index (χ0v) is 13.2. The fourth-order valence-electron chi connectivity index (χ4n) is 2.42. The van der Waals surface area contributed by atoms with E-state index in [1.54, 1.807) is 11.3 Å². The van der Waals surface area contributed by atoms with E-state index in [-0.39, 0.29) is 5.38 Å². The topological polar surface area (TPSA) is 0 Å². The first-order chi connectivity index (χ1) is 9.66. The van der Waals surface area contributed by atoms with Gasteiger partial charge < -0.3 is 0 Å². The highest BCUT2D eigenvalue weighted by molar-refractivity contribution is 7.17. The molecule has 0 aliphatic rings. The van der Waals surface area contributed by atoms with Gasteiger partial charge in [-0.25, -0.2) is 0 Å². The van der Waals surface area contributed by atoms with Crippen LogP contribution in [-0.4, -0.2) is 0 Å². The minimum atomic E-state index is -0.0765. The van der Waals surface area contributed by atoms with Crippen LogP contribution in [0.3, 0.4) is 0 Å². The van der Waals surface area contributed by atoms with Gasteiger partial charge >= 0.3 is 0 Å². The Kier molecular flexibility index (Phi) is 3.82. The van der Waals surface area contributed by atoms with E-state index in [1.807, 2.05) is 0 Å². The number of hydrogen-bond acceptors (Lipinski definition) is 1. The Hall–Kier alpha value is -1.31. The van der Waals surface area contributed by atoms with Crippen molar-refractivity contribution >= 4 is 33.0 Å². The summed E-state index contributed by atoms with van der Waals surface area (Å²) in [6.07, 6.45) is 0. The lowest BCUT2D eigenvalue weighted by atomic mass is 9.98. The lowest BCUT2D eigenvalue weighted by Crippen LogP contribution is -1.94. The molecule has 1 aromatic heterocycles. The molecule has 0 spiro atoms. The molecule has 102 valence electrons. The van der Waals surface area contributed by atoms with Gasteiger partial charge in [0, 0.05) is 4.70 Å². The van der Waals surface area contributed by atoms with Gasteiger partial charge in [0.25, 0.3) is 0 Å². The highest BCUT2D eigenvalue weighted by atomic mass is 35.5. The summed E-state index contributed by atoms with van der Waals surface area (Å²) in [7, 11) is 0. The second kappa shape index (κ2) is 5.59. The first-order valence-corrected chi connectivity index (χ1v) is 8.18. The average molecular weight is 301 g/mol. The molecule has 0 amide bonds. The van der Waals surface area contributed by atoms with Crippen LogP contribution in [0.5, 0.6) is 0 Å². The lowest BCUT2D eigenvalue weighted by molar-refractivity contribution is 0.865. The third kappa shape index (κ3) is 2.48. The molecule has 3 aromatic rings. The lowest BCUT2D eigenvalue weighted by Gasteiger charge is -2.11. The molecule has 2 heteroatoms. The van der Waals surface area contributed by atoms with Gasteiger partial charge in [-0.2, -0.15) is 0 Å². The van der Waals surface area contributed by atoms with Crippen LogP contribution in [-0.2, 0) is 0 Å². The molecule has 0 bridgehead atoms. The average Bonchev–Trinajstić information content (AvgIpc) is 2.90. The Morgan fingerprint density at radius 2 is 1.55 bits per heavy atom. The Morgan fingerprint density at radius 1 is 0.900 bits per heavy atom. The molecule has 0 radical (unpaired) electrons. The van der Waals surface area contributed by atoms with Crippen LogP contribution in [0.2, 0.25) is 0 Å². The molecule has 0 saturated heterocycles. The summed E-state index contributed by atoms with van der Waals surface area (Å²) in [6, 6.07) is 17.1. The molecule has 0 saturated carbocycles. The monoisotopic (exact) mass is 300 g/mol. The number of thiophene rings is 1.